The Morgan fingerprint density at radius 1 is 1.12 bits per heavy atom. The van der Waals surface area contributed by atoms with Gasteiger partial charge in [0.1, 0.15) is 23.4 Å². The molecule has 9 heteroatoms. The molecule has 0 saturated carbocycles. The van der Waals surface area contributed by atoms with Crippen molar-refractivity contribution in [3.8, 4) is 0 Å². The molecule has 1 atom stereocenters. The Morgan fingerprint density at radius 2 is 1.91 bits per heavy atom. The molecule has 2 aromatic heterocycles. The van der Waals surface area contributed by atoms with Crippen LogP contribution in [0.25, 0.3) is 0 Å². The first kappa shape index (κ1) is 22.8. The number of benzene rings is 1. The quantitative estimate of drug-likeness (QED) is 0.497. The Balaban J connectivity index is 1.47. The maximum atomic E-state index is 13.1. The first-order valence-electron chi connectivity index (χ1n) is 11.1. The van der Waals surface area contributed by atoms with Crippen LogP contribution in [0.4, 0.5) is 15.9 Å². The van der Waals surface area contributed by atoms with E-state index in [1.165, 1.54) is 12.1 Å². The van der Waals surface area contributed by atoms with Crippen LogP contribution in [-0.4, -0.2) is 59.0 Å². The SMILES string of the molecule is CC[C@H]1C(=O)N(C)c2cnc(CCc3cnn(Cc4ccc(F)cc4)c3)nc2N1CCOC. The fraction of sp³-hybridized carbons (Fsp3) is 0.417. The smallest absolute Gasteiger partial charge is 0.249 e. The van der Waals surface area contributed by atoms with Crippen molar-refractivity contribution in [3.05, 3.63) is 65.6 Å². The van der Waals surface area contributed by atoms with Gasteiger partial charge in [-0.2, -0.15) is 5.10 Å². The van der Waals surface area contributed by atoms with Gasteiger partial charge < -0.3 is 14.5 Å². The third-order valence-corrected chi connectivity index (χ3v) is 5.93. The lowest BCUT2D eigenvalue weighted by Gasteiger charge is -2.40. The molecule has 3 heterocycles. The Hall–Kier alpha value is -3.33. The number of amides is 1. The highest BCUT2D eigenvalue weighted by Gasteiger charge is 2.36. The molecule has 1 amide bonds. The van der Waals surface area contributed by atoms with Gasteiger partial charge in [-0.3, -0.25) is 9.48 Å². The summed E-state index contributed by atoms with van der Waals surface area (Å²) >= 11 is 0. The molecule has 8 nitrogen and oxygen atoms in total. The van der Waals surface area contributed by atoms with Crippen LogP contribution < -0.4 is 9.80 Å². The fourth-order valence-corrected chi connectivity index (χ4v) is 4.09. The summed E-state index contributed by atoms with van der Waals surface area (Å²) in [4.78, 5) is 25.8. The Bertz CT molecular complexity index is 1100. The van der Waals surface area contributed by atoms with Crippen molar-refractivity contribution in [2.45, 2.75) is 38.8 Å². The van der Waals surface area contributed by atoms with E-state index in [-0.39, 0.29) is 17.8 Å². The summed E-state index contributed by atoms with van der Waals surface area (Å²) in [5, 5.41) is 4.42. The van der Waals surface area contributed by atoms with Gasteiger partial charge in [0, 0.05) is 33.3 Å². The highest BCUT2D eigenvalue weighted by Crippen LogP contribution is 2.34. The minimum Gasteiger partial charge on any atom is -0.383 e. The number of aryl methyl sites for hydroxylation is 2. The van der Waals surface area contributed by atoms with E-state index in [4.69, 9.17) is 9.72 Å². The molecule has 0 N–H and O–H groups in total. The summed E-state index contributed by atoms with van der Waals surface area (Å²) in [5.74, 6) is 1.30. The number of ether oxygens (including phenoxy) is 1. The van der Waals surface area contributed by atoms with Crippen molar-refractivity contribution in [3.63, 3.8) is 0 Å². The Kier molecular flexibility index (Phi) is 6.98. The number of nitrogens with zero attached hydrogens (tertiary/aromatic N) is 6. The van der Waals surface area contributed by atoms with E-state index in [1.54, 1.807) is 37.4 Å². The van der Waals surface area contributed by atoms with Crippen molar-refractivity contribution in [2.75, 3.05) is 37.1 Å². The molecule has 0 unspecified atom stereocenters. The van der Waals surface area contributed by atoms with Crippen LogP contribution in [0.1, 0.15) is 30.3 Å². The van der Waals surface area contributed by atoms with E-state index >= 15 is 0 Å². The Morgan fingerprint density at radius 3 is 2.64 bits per heavy atom. The van der Waals surface area contributed by atoms with Crippen molar-refractivity contribution < 1.29 is 13.9 Å². The van der Waals surface area contributed by atoms with Gasteiger partial charge in [0.2, 0.25) is 5.91 Å². The van der Waals surface area contributed by atoms with Gasteiger partial charge >= 0.3 is 0 Å². The summed E-state index contributed by atoms with van der Waals surface area (Å²) in [7, 11) is 3.43. The average Bonchev–Trinajstić information content (AvgIpc) is 3.27. The van der Waals surface area contributed by atoms with E-state index < -0.39 is 0 Å². The van der Waals surface area contributed by atoms with Crippen molar-refractivity contribution in [1.82, 2.24) is 19.7 Å². The molecule has 0 radical (unpaired) electrons. The van der Waals surface area contributed by atoms with Gasteiger partial charge in [-0.15, -0.1) is 0 Å². The van der Waals surface area contributed by atoms with Crippen LogP contribution in [0.5, 0.6) is 0 Å². The zero-order valence-corrected chi connectivity index (χ0v) is 19.2. The lowest BCUT2D eigenvalue weighted by Crippen LogP contribution is -2.53. The van der Waals surface area contributed by atoms with Gasteiger partial charge in [-0.05, 0) is 36.1 Å². The number of carbonyl (C=O) groups is 1. The van der Waals surface area contributed by atoms with Crippen LogP contribution in [0, 0.1) is 5.82 Å². The molecule has 1 aliphatic heterocycles. The second-order valence-electron chi connectivity index (χ2n) is 8.18. The number of fused-ring (bicyclic) bond motifs is 1. The molecule has 33 heavy (non-hydrogen) atoms. The predicted molar refractivity (Wildman–Crippen MR) is 124 cm³/mol. The maximum absolute atomic E-state index is 13.1. The van der Waals surface area contributed by atoms with Gasteiger partial charge in [-0.25, -0.2) is 14.4 Å². The molecule has 174 valence electrons. The number of aromatic nitrogens is 4. The highest BCUT2D eigenvalue weighted by atomic mass is 19.1. The number of likely N-dealkylation sites (N-methyl/N-ethyl adjacent to an activating group) is 1. The van der Waals surface area contributed by atoms with Gasteiger partial charge in [0.05, 0.1) is 25.5 Å². The molecule has 3 aromatic rings. The van der Waals surface area contributed by atoms with Gasteiger partial charge in [0.15, 0.2) is 5.82 Å². The van der Waals surface area contributed by atoms with Crippen molar-refractivity contribution in [2.24, 2.45) is 0 Å². The third-order valence-electron chi connectivity index (χ3n) is 5.93. The summed E-state index contributed by atoms with van der Waals surface area (Å²) in [5.41, 5.74) is 2.79. The van der Waals surface area contributed by atoms with Gasteiger partial charge in [-0.1, -0.05) is 19.1 Å². The molecule has 4 rings (SSSR count). The van der Waals surface area contributed by atoms with E-state index in [0.717, 1.165) is 34.9 Å². The topological polar surface area (TPSA) is 76.4 Å². The summed E-state index contributed by atoms with van der Waals surface area (Å²) in [6.45, 7) is 3.70. The number of methoxy groups -OCH3 is 1. The zero-order chi connectivity index (χ0) is 23.4. The van der Waals surface area contributed by atoms with Crippen LogP contribution in [-0.2, 0) is 28.9 Å². The highest BCUT2D eigenvalue weighted by molar-refractivity contribution is 6.04. The van der Waals surface area contributed by atoms with Crippen LogP contribution in [0.2, 0.25) is 0 Å². The predicted octanol–water partition coefficient (Wildman–Crippen LogP) is 2.85. The van der Waals surface area contributed by atoms with Crippen LogP contribution in [0.15, 0.2) is 42.9 Å². The van der Waals surface area contributed by atoms with E-state index in [0.29, 0.717) is 32.5 Å². The molecule has 0 fully saturated rings. The molecule has 0 aliphatic carbocycles. The number of hydrogen-bond acceptors (Lipinski definition) is 6. The molecule has 1 aromatic carbocycles. The number of anilines is 2. The summed E-state index contributed by atoms with van der Waals surface area (Å²) in [6.07, 6.45) is 7.66. The largest absolute Gasteiger partial charge is 0.383 e. The van der Waals surface area contributed by atoms with Crippen LogP contribution in [0.3, 0.4) is 0 Å². The molecule has 1 aliphatic rings. The summed E-state index contributed by atoms with van der Waals surface area (Å²) < 4.78 is 20.2. The number of halogens is 1. The van der Waals surface area contributed by atoms with Crippen molar-refractivity contribution in [1.29, 1.82) is 0 Å². The average molecular weight is 453 g/mol. The summed E-state index contributed by atoms with van der Waals surface area (Å²) in [6, 6.07) is 6.18. The van der Waals surface area contributed by atoms with E-state index in [2.05, 4.69) is 10.1 Å². The second-order valence-corrected chi connectivity index (χ2v) is 8.18. The first-order valence-corrected chi connectivity index (χ1v) is 11.1. The molecule has 0 spiro atoms. The molecule has 0 saturated heterocycles. The Labute approximate surface area is 193 Å². The number of hydrogen-bond donors (Lipinski definition) is 0. The molecular weight excluding hydrogens is 423 g/mol. The lowest BCUT2D eigenvalue weighted by atomic mass is 10.1. The third kappa shape index (κ3) is 5.03. The monoisotopic (exact) mass is 452 g/mol. The zero-order valence-electron chi connectivity index (χ0n) is 19.2. The minimum atomic E-state index is -0.259. The fourth-order valence-electron chi connectivity index (χ4n) is 4.09. The molecular formula is C24H29FN6O2. The second kappa shape index (κ2) is 10.1. The molecule has 0 bridgehead atoms. The first-order chi connectivity index (χ1) is 16.0. The van der Waals surface area contributed by atoms with Gasteiger partial charge in [0.25, 0.3) is 0 Å². The minimum absolute atomic E-state index is 0.0472. The number of rotatable bonds is 9. The maximum Gasteiger partial charge on any atom is 0.249 e. The van der Waals surface area contributed by atoms with E-state index in [9.17, 15) is 9.18 Å². The standard InChI is InChI=1S/C24H29FN6O2/c1-4-20-24(32)29(2)21-14-26-22(28-23(21)31(20)11-12-33-3)10-7-18-13-27-30(16-18)15-17-5-8-19(25)9-6-17/h5-6,8-9,13-14,16,20H,4,7,10-12,15H2,1-3H3/t20-/m0/s1. The van der Waals surface area contributed by atoms with E-state index in [1.807, 2.05) is 28.9 Å². The number of carbonyl (C=O) groups excluding carboxylic acids is 1. The van der Waals surface area contributed by atoms with Crippen LogP contribution >= 0.6 is 0 Å². The van der Waals surface area contributed by atoms with Crippen molar-refractivity contribution >= 4 is 17.4 Å². The normalized spacial score (nSPS) is 15.8. The lowest BCUT2D eigenvalue weighted by molar-refractivity contribution is -0.120.